The molecule has 0 fully saturated rings. The minimum absolute atomic E-state index is 0.131. The van der Waals surface area contributed by atoms with E-state index in [9.17, 15) is 4.79 Å². The number of nitrogens with zero attached hydrogens (tertiary/aromatic N) is 2. The third-order valence-corrected chi connectivity index (χ3v) is 5.59. The Morgan fingerprint density at radius 1 is 1.04 bits per heavy atom. The lowest BCUT2D eigenvalue weighted by Gasteiger charge is -2.03. The summed E-state index contributed by atoms with van der Waals surface area (Å²) in [6.07, 6.45) is 1.74. The topological polar surface area (TPSA) is 54.9 Å². The summed E-state index contributed by atoms with van der Waals surface area (Å²) >= 11 is 3.10. The molecule has 1 N–H and O–H groups in total. The molecule has 0 saturated heterocycles. The van der Waals surface area contributed by atoms with Crippen molar-refractivity contribution in [3.05, 3.63) is 64.5 Å². The summed E-state index contributed by atoms with van der Waals surface area (Å²) in [6.45, 7) is 1.98. The predicted octanol–water partition coefficient (Wildman–Crippen LogP) is 4.98. The van der Waals surface area contributed by atoms with Crippen LogP contribution in [0.2, 0.25) is 0 Å². The number of anilines is 1. The molecule has 1 amide bonds. The van der Waals surface area contributed by atoms with Crippen LogP contribution in [0.1, 0.15) is 14.5 Å². The number of para-hydroxylation sites is 1. The van der Waals surface area contributed by atoms with Crippen LogP contribution in [0, 0.1) is 6.92 Å². The number of rotatable bonds is 3. The summed E-state index contributed by atoms with van der Waals surface area (Å²) in [6, 6.07) is 15.5. The molecule has 4 aromatic rings. The molecule has 3 heterocycles. The van der Waals surface area contributed by atoms with Gasteiger partial charge in [-0.1, -0.05) is 12.1 Å². The Morgan fingerprint density at radius 3 is 2.62 bits per heavy atom. The number of carbonyl (C=O) groups is 1. The minimum Gasteiger partial charge on any atom is -0.306 e. The fraction of sp³-hybridized carbons (Fsp3) is 0.0556. The summed E-state index contributed by atoms with van der Waals surface area (Å²) in [7, 11) is 0. The maximum absolute atomic E-state index is 12.1. The highest BCUT2D eigenvalue weighted by molar-refractivity contribution is 7.21. The third kappa shape index (κ3) is 2.93. The summed E-state index contributed by atoms with van der Waals surface area (Å²) in [5.74, 6) is 0.407. The van der Waals surface area contributed by atoms with Crippen LogP contribution in [0.25, 0.3) is 20.8 Å². The standard InChI is InChI=1S/C18H13N3OS2/c1-11-6-8-15(23-11)17(22)21-16-9-7-12(10-19-16)18-20-13-4-2-3-5-14(13)24-18/h2-10H,1H3,(H,19,21,22). The highest BCUT2D eigenvalue weighted by atomic mass is 32.1. The number of aromatic nitrogens is 2. The number of benzene rings is 1. The van der Waals surface area contributed by atoms with Crippen molar-refractivity contribution < 1.29 is 4.79 Å². The average Bonchev–Trinajstić information content (AvgIpc) is 3.21. The minimum atomic E-state index is -0.131. The Balaban J connectivity index is 1.55. The molecular weight excluding hydrogens is 338 g/mol. The number of hydrogen-bond donors (Lipinski definition) is 1. The monoisotopic (exact) mass is 351 g/mol. The van der Waals surface area contributed by atoms with E-state index in [-0.39, 0.29) is 5.91 Å². The van der Waals surface area contributed by atoms with Gasteiger partial charge in [-0.2, -0.15) is 0 Å². The molecule has 24 heavy (non-hydrogen) atoms. The molecular formula is C18H13N3OS2. The zero-order chi connectivity index (χ0) is 16.5. The van der Waals surface area contributed by atoms with Crippen LogP contribution in [0.5, 0.6) is 0 Å². The molecule has 1 aromatic carbocycles. The smallest absolute Gasteiger partial charge is 0.266 e. The SMILES string of the molecule is Cc1ccc(C(=O)Nc2ccc(-c3nc4ccccc4s3)cn2)s1. The maximum atomic E-state index is 12.1. The molecule has 0 atom stereocenters. The number of thiazole rings is 1. The second-order valence-electron chi connectivity index (χ2n) is 5.28. The summed E-state index contributed by atoms with van der Waals surface area (Å²) in [5.41, 5.74) is 1.93. The van der Waals surface area contributed by atoms with Gasteiger partial charge in [0.05, 0.1) is 15.1 Å². The molecule has 0 bridgehead atoms. The molecule has 6 heteroatoms. The first-order chi connectivity index (χ1) is 11.7. The van der Waals surface area contributed by atoms with Crippen LogP contribution in [0.3, 0.4) is 0 Å². The summed E-state index contributed by atoms with van der Waals surface area (Å²) in [5, 5.41) is 3.75. The number of thiophene rings is 1. The molecule has 0 aliphatic heterocycles. The number of carbonyl (C=O) groups excluding carboxylic acids is 1. The van der Waals surface area contributed by atoms with Gasteiger partial charge in [-0.05, 0) is 43.3 Å². The molecule has 0 aliphatic rings. The van der Waals surface area contributed by atoms with E-state index in [0.29, 0.717) is 10.7 Å². The predicted molar refractivity (Wildman–Crippen MR) is 99.9 cm³/mol. The maximum Gasteiger partial charge on any atom is 0.266 e. The highest BCUT2D eigenvalue weighted by Crippen LogP contribution is 2.29. The van der Waals surface area contributed by atoms with Gasteiger partial charge in [-0.3, -0.25) is 4.79 Å². The second kappa shape index (κ2) is 6.14. The van der Waals surface area contributed by atoms with Crippen LogP contribution in [-0.2, 0) is 0 Å². The first kappa shape index (κ1) is 15.0. The molecule has 4 rings (SSSR count). The van der Waals surface area contributed by atoms with Gasteiger partial charge >= 0.3 is 0 Å². The highest BCUT2D eigenvalue weighted by Gasteiger charge is 2.10. The van der Waals surface area contributed by atoms with Crippen LogP contribution < -0.4 is 5.32 Å². The van der Waals surface area contributed by atoms with E-state index >= 15 is 0 Å². The Morgan fingerprint density at radius 2 is 1.92 bits per heavy atom. The van der Waals surface area contributed by atoms with E-state index < -0.39 is 0 Å². The normalized spacial score (nSPS) is 10.9. The summed E-state index contributed by atoms with van der Waals surface area (Å²) < 4.78 is 1.15. The Kier molecular flexibility index (Phi) is 3.84. The summed E-state index contributed by atoms with van der Waals surface area (Å²) in [4.78, 5) is 22.9. The number of aryl methyl sites for hydroxylation is 1. The number of pyridine rings is 1. The van der Waals surface area contributed by atoms with Gasteiger partial charge in [0.1, 0.15) is 10.8 Å². The quantitative estimate of drug-likeness (QED) is 0.566. The van der Waals surface area contributed by atoms with E-state index in [1.807, 2.05) is 43.3 Å². The van der Waals surface area contributed by atoms with Crippen molar-refractivity contribution in [3.8, 4) is 10.6 Å². The van der Waals surface area contributed by atoms with Crippen molar-refractivity contribution in [2.24, 2.45) is 0 Å². The van der Waals surface area contributed by atoms with E-state index in [2.05, 4.69) is 21.4 Å². The second-order valence-corrected chi connectivity index (χ2v) is 7.60. The van der Waals surface area contributed by atoms with Crippen molar-refractivity contribution in [2.45, 2.75) is 6.92 Å². The van der Waals surface area contributed by atoms with E-state index in [4.69, 9.17) is 0 Å². The van der Waals surface area contributed by atoms with Crippen molar-refractivity contribution in [2.75, 3.05) is 5.32 Å². The van der Waals surface area contributed by atoms with Crippen LogP contribution >= 0.6 is 22.7 Å². The van der Waals surface area contributed by atoms with E-state index in [0.717, 1.165) is 25.7 Å². The largest absolute Gasteiger partial charge is 0.306 e. The lowest BCUT2D eigenvalue weighted by molar-refractivity contribution is 0.103. The van der Waals surface area contributed by atoms with Gasteiger partial charge in [0, 0.05) is 16.6 Å². The van der Waals surface area contributed by atoms with Gasteiger partial charge in [0.25, 0.3) is 5.91 Å². The van der Waals surface area contributed by atoms with Gasteiger partial charge in [0.15, 0.2) is 0 Å². The Labute approximate surface area is 146 Å². The fourth-order valence-corrected chi connectivity index (χ4v) is 4.04. The van der Waals surface area contributed by atoms with Gasteiger partial charge in [-0.25, -0.2) is 9.97 Å². The van der Waals surface area contributed by atoms with Gasteiger partial charge in [0.2, 0.25) is 0 Å². The number of nitrogens with one attached hydrogen (secondary N) is 1. The zero-order valence-corrected chi connectivity index (χ0v) is 14.4. The first-order valence-corrected chi connectivity index (χ1v) is 9.02. The van der Waals surface area contributed by atoms with Crippen molar-refractivity contribution in [3.63, 3.8) is 0 Å². The molecule has 0 saturated carbocycles. The van der Waals surface area contributed by atoms with Gasteiger partial charge in [-0.15, -0.1) is 22.7 Å². The fourth-order valence-electron chi connectivity index (χ4n) is 2.32. The zero-order valence-electron chi connectivity index (χ0n) is 12.8. The van der Waals surface area contributed by atoms with E-state index in [1.54, 1.807) is 23.6 Å². The number of fused-ring (bicyclic) bond motifs is 1. The lowest BCUT2D eigenvalue weighted by Crippen LogP contribution is -2.11. The van der Waals surface area contributed by atoms with Crippen LogP contribution in [-0.4, -0.2) is 15.9 Å². The van der Waals surface area contributed by atoms with Crippen molar-refractivity contribution in [1.82, 2.24) is 9.97 Å². The molecule has 118 valence electrons. The molecule has 0 aliphatic carbocycles. The van der Waals surface area contributed by atoms with E-state index in [1.165, 1.54) is 11.3 Å². The van der Waals surface area contributed by atoms with Crippen LogP contribution in [0.15, 0.2) is 54.7 Å². The molecule has 4 nitrogen and oxygen atoms in total. The Hall–Kier alpha value is -2.57. The Bertz CT molecular complexity index is 985. The molecule has 0 spiro atoms. The first-order valence-electron chi connectivity index (χ1n) is 7.39. The van der Waals surface area contributed by atoms with Crippen molar-refractivity contribution >= 4 is 44.6 Å². The third-order valence-electron chi connectivity index (χ3n) is 3.51. The van der Waals surface area contributed by atoms with Gasteiger partial charge < -0.3 is 5.32 Å². The number of hydrogen-bond acceptors (Lipinski definition) is 5. The lowest BCUT2D eigenvalue weighted by atomic mass is 10.3. The number of amides is 1. The molecule has 0 unspecified atom stereocenters. The van der Waals surface area contributed by atoms with Crippen LogP contribution in [0.4, 0.5) is 5.82 Å². The molecule has 0 radical (unpaired) electrons. The average molecular weight is 351 g/mol. The van der Waals surface area contributed by atoms with Crippen molar-refractivity contribution in [1.29, 1.82) is 0 Å². The molecule has 3 aromatic heterocycles.